The Labute approximate surface area is 185 Å². The van der Waals surface area contributed by atoms with Crippen LogP contribution in [0.3, 0.4) is 0 Å². The second-order valence-electron chi connectivity index (χ2n) is 9.19. The third-order valence-corrected chi connectivity index (χ3v) is 7.41. The molecule has 164 valence electrons. The lowest BCUT2D eigenvalue weighted by atomic mass is 9.56. The molecule has 4 nitrogen and oxygen atoms in total. The fourth-order valence-electron chi connectivity index (χ4n) is 5.48. The Balaban J connectivity index is 1.43. The van der Waals surface area contributed by atoms with Crippen molar-refractivity contribution in [3.63, 3.8) is 0 Å². The zero-order chi connectivity index (χ0) is 21.8. The standard InChI is InChI=1S/C27H33NO3/c1-19-16-20(2)27(18-31-26(29)28-23-12-8-5-9-13-23)17-30-24(25(19)21(27)3)15-14-22-10-6-4-7-11-22/h4-13,16,20-21,24-25H,14-15,17-18H2,1-3H3,(H,28,29)/t20-,21-,24-,25+,27-/m1/s1. The van der Waals surface area contributed by atoms with Gasteiger partial charge in [0.05, 0.1) is 12.7 Å². The molecule has 1 amide bonds. The molecule has 1 N–H and O–H groups in total. The molecule has 2 aliphatic rings. The van der Waals surface area contributed by atoms with E-state index in [0.29, 0.717) is 31.0 Å². The molecular weight excluding hydrogens is 386 g/mol. The van der Waals surface area contributed by atoms with E-state index in [0.717, 1.165) is 18.5 Å². The van der Waals surface area contributed by atoms with Crippen LogP contribution >= 0.6 is 0 Å². The van der Waals surface area contributed by atoms with Crippen molar-refractivity contribution in [3.8, 4) is 0 Å². The highest BCUT2D eigenvalue weighted by Crippen LogP contribution is 2.53. The van der Waals surface area contributed by atoms with E-state index in [2.05, 4.69) is 62.5 Å². The minimum Gasteiger partial charge on any atom is -0.449 e. The Morgan fingerprint density at radius 3 is 2.48 bits per heavy atom. The van der Waals surface area contributed by atoms with Gasteiger partial charge in [-0.15, -0.1) is 0 Å². The number of hydrogen-bond acceptors (Lipinski definition) is 3. The van der Waals surface area contributed by atoms with Crippen LogP contribution in [0.2, 0.25) is 0 Å². The Morgan fingerprint density at radius 1 is 1.10 bits per heavy atom. The molecule has 0 aromatic heterocycles. The van der Waals surface area contributed by atoms with Crippen LogP contribution in [-0.4, -0.2) is 25.4 Å². The zero-order valence-electron chi connectivity index (χ0n) is 18.7. The minimum absolute atomic E-state index is 0.193. The largest absolute Gasteiger partial charge is 0.449 e. The molecule has 2 bridgehead atoms. The van der Waals surface area contributed by atoms with E-state index in [1.165, 1.54) is 11.1 Å². The number of rotatable bonds is 6. The molecule has 1 fully saturated rings. The molecule has 1 saturated heterocycles. The summed E-state index contributed by atoms with van der Waals surface area (Å²) in [6.07, 6.45) is 4.19. The lowest BCUT2D eigenvalue weighted by Crippen LogP contribution is -2.57. The number of carbonyl (C=O) groups excluding carboxylic acids is 1. The topological polar surface area (TPSA) is 47.6 Å². The van der Waals surface area contributed by atoms with Crippen molar-refractivity contribution in [2.45, 2.75) is 39.7 Å². The van der Waals surface area contributed by atoms with Gasteiger partial charge in [0, 0.05) is 17.0 Å². The van der Waals surface area contributed by atoms with E-state index in [4.69, 9.17) is 9.47 Å². The summed E-state index contributed by atoms with van der Waals surface area (Å²) in [5, 5.41) is 2.82. The maximum Gasteiger partial charge on any atom is 0.411 e. The van der Waals surface area contributed by atoms with Gasteiger partial charge in [-0.05, 0) is 49.3 Å². The van der Waals surface area contributed by atoms with Crippen molar-refractivity contribution in [2.24, 2.45) is 23.2 Å². The van der Waals surface area contributed by atoms with E-state index in [1.54, 1.807) is 0 Å². The predicted octanol–water partition coefficient (Wildman–Crippen LogP) is 6.10. The first-order valence-electron chi connectivity index (χ1n) is 11.3. The number of fused-ring (bicyclic) bond motifs is 2. The van der Waals surface area contributed by atoms with E-state index in [9.17, 15) is 4.79 Å². The molecule has 4 heteroatoms. The summed E-state index contributed by atoms with van der Waals surface area (Å²) in [5.74, 6) is 1.03. The van der Waals surface area contributed by atoms with E-state index < -0.39 is 6.09 Å². The van der Waals surface area contributed by atoms with E-state index in [-0.39, 0.29) is 11.5 Å². The molecule has 2 aromatic carbocycles. The number of hydrogen-bond donors (Lipinski definition) is 1. The van der Waals surface area contributed by atoms with Gasteiger partial charge in [0.2, 0.25) is 0 Å². The number of allylic oxidation sites excluding steroid dienone is 1. The highest BCUT2D eigenvalue weighted by atomic mass is 16.6. The smallest absolute Gasteiger partial charge is 0.411 e. The number of carbonyl (C=O) groups is 1. The summed E-state index contributed by atoms with van der Waals surface area (Å²) in [7, 11) is 0. The average molecular weight is 420 g/mol. The molecule has 1 aliphatic carbocycles. The maximum absolute atomic E-state index is 12.4. The number of anilines is 1. The highest BCUT2D eigenvalue weighted by molar-refractivity contribution is 5.84. The Kier molecular flexibility index (Phi) is 6.47. The quantitative estimate of drug-likeness (QED) is 0.575. The molecule has 5 atom stereocenters. The second-order valence-corrected chi connectivity index (χ2v) is 9.19. The summed E-state index contributed by atoms with van der Waals surface area (Å²) in [6.45, 7) is 7.75. The molecule has 0 radical (unpaired) electrons. The van der Waals surface area contributed by atoms with Crippen LogP contribution in [-0.2, 0) is 15.9 Å². The first-order chi connectivity index (χ1) is 15.0. The molecule has 31 heavy (non-hydrogen) atoms. The van der Waals surface area contributed by atoms with Gasteiger partial charge in [0.15, 0.2) is 0 Å². The maximum atomic E-state index is 12.4. The molecule has 1 heterocycles. The van der Waals surface area contributed by atoms with Gasteiger partial charge in [-0.2, -0.15) is 0 Å². The fourth-order valence-corrected chi connectivity index (χ4v) is 5.48. The fraction of sp³-hybridized carbons (Fsp3) is 0.444. The van der Waals surface area contributed by atoms with Gasteiger partial charge in [0.1, 0.15) is 6.61 Å². The summed E-state index contributed by atoms with van der Waals surface area (Å²) < 4.78 is 12.2. The normalized spacial score (nSPS) is 29.7. The molecule has 4 rings (SSSR count). The van der Waals surface area contributed by atoms with E-state index in [1.807, 2.05) is 30.3 Å². The van der Waals surface area contributed by atoms with Crippen molar-refractivity contribution in [2.75, 3.05) is 18.5 Å². The van der Waals surface area contributed by atoms with Crippen LogP contribution in [0.1, 0.15) is 32.8 Å². The zero-order valence-corrected chi connectivity index (χ0v) is 18.7. The number of aryl methyl sites for hydroxylation is 1. The second kappa shape index (κ2) is 9.27. The van der Waals surface area contributed by atoms with Gasteiger partial charge in [-0.1, -0.05) is 74.0 Å². The summed E-state index contributed by atoms with van der Waals surface area (Å²) in [6, 6.07) is 20.0. The Hall–Kier alpha value is -2.59. The molecule has 2 aromatic rings. The van der Waals surface area contributed by atoms with Crippen molar-refractivity contribution in [1.82, 2.24) is 0 Å². The summed E-state index contributed by atoms with van der Waals surface area (Å²) in [4.78, 5) is 12.4. The van der Waals surface area contributed by atoms with Gasteiger partial charge in [-0.3, -0.25) is 5.32 Å². The highest BCUT2D eigenvalue weighted by Gasteiger charge is 2.54. The predicted molar refractivity (Wildman–Crippen MR) is 124 cm³/mol. The van der Waals surface area contributed by atoms with E-state index >= 15 is 0 Å². The Bertz CT molecular complexity index is 911. The average Bonchev–Trinajstić information content (AvgIpc) is 2.77. The van der Waals surface area contributed by atoms with Crippen LogP contribution < -0.4 is 5.32 Å². The Morgan fingerprint density at radius 2 is 1.77 bits per heavy atom. The van der Waals surface area contributed by atoms with Gasteiger partial charge in [0.25, 0.3) is 0 Å². The first-order valence-corrected chi connectivity index (χ1v) is 11.3. The van der Waals surface area contributed by atoms with Gasteiger partial charge >= 0.3 is 6.09 Å². The van der Waals surface area contributed by atoms with Crippen molar-refractivity contribution < 1.29 is 14.3 Å². The molecule has 0 saturated carbocycles. The van der Waals surface area contributed by atoms with Crippen LogP contribution in [0.5, 0.6) is 0 Å². The SMILES string of the molecule is CC1=C[C@@H](C)[C@]2(COC(=O)Nc3ccccc3)CO[C@H](CCc3ccccc3)[C@@H]1[C@H]2C. The number of benzene rings is 2. The number of nitrogens with one attached hydrogen (secondary N) is 1. The first kappa shape index (κ1) is 21.6. The van der Waals surface area contributed by atoms with Crippen molar-refractivity contribution in [1.29, 1.82) is 0 Å². The number of para-hydroxylation sites is 1. The summed E-state index contributed by atoms with van der Waals surface area (Å²) in [5.41, 5.74) is 3.30. The van der Waals surface area contributed by atoms with Crippen LogP contribution in [0, 0.1) is 23.2 Å². The minimum atomic E-state index is -0.408. The number of amides is 1. The molecule has 0 spiro atoms. The summed E-state index contributed by atoms with van der Waals surface area (Å²) >= 11 is 0. The molecular formula is C27H33NO3. The van der Waals surface area contributed by atoms with Crippen LogP contribution in [0.25, 0.3) is 0 Å². The van der Waals surface area contributed by atoms with Gasteiger partial charge < -0.3 is 9.47 Å². The van der Waals surface area contributed by atoms with Crippen molar-refractivity contribution >= 4 is 11.8 Å². The third-order valence-electron chi connectivity index (χ3n) is 7.41. The van der Waals surface area contributed by atoms with Crippen molar-refractivity contribution in [3.05, 3.63) is 77.9 Å². The number of ether oxygens (including phenoxy) is 2. The monoisotopic (exact) mass is 419 g/mol. The van der Waals surface area contributed by atoms with Crippen LogP contribution in [0.4, 0.5) is 10.5 Å². The lowest BCUT2D eigenvalue weighted by molar-refractivity contribution is -0.164. The molecule has 0 unspecified atom stereocenters. The third kappa shape index (κ3) is 4.54. The lowest BCUT2D eigenvalue weighted by Gasteiger charge is -2.55. The van der Waals surface area contributed by atoms with Crippen LogP contribution in [0.15, 0.2) is 72.3 Å². The molecule has 1 aliphatic heterocycles. The van der Waals surface area contributed by atoms with Gasteiger partial charge in [-0.25, -0.2) is 4.79 Å².